The predicted octanol–water partition coefficient (Wildman–Crippen LogP) is 3.14. The molecule has 0 bridgehead atoms. The third kappa shape index (κ3) is 4.41. The SMILES string of the molecule is CC(=O)/C(C#Cc1c2ccccc2c(C#C/C(C(C)=O)=C(/C)[O-])c2ccccc12)=C(/C)[O-]. The zero-order chi connectivity index (χ0) is 23.4. The molecule has 3 aromatic rings. The second kappa shape index (κ2) is 9.25. The summed E-state index contributed by atoms with van der Waals surface area (Å²) in [5, 5.41) is 26.8. The van der Waals surface area contributed by atoms with Gasteiger partial charge in [0.1, 0.15) is 0 Å². The standard InChI is InChI=1S/C28H22O4/c1-17(29)21(18(2)30)13-15-27-23-9-5-7-11-25(23)28(26-12-8-6-10-24(26)27)16-14-22(19(3)31)20(4)32/h5-12,29,31H,1-4H3/p-2/b21-17-,22-19+. The lowest BCUT2D eigenvalue weighted by molar-refractivity contribution is -0.303. The van der Waals surface area contributed by atoms with Gasteiger partial charge in [-0.2, -0.15) is 0 Å². The Morgan fingerprint density at radius 3 is 1.09 bits per heavy atom. The number of benzene rings is 3. The summed E-state index contributed by atoms with van der Waals surface area (Å²) in [5.41, 5.74) is 1.24. The molecule has 0 aromatic heterocycles. The first-order valence-electron chi connectivity index (χ1n) is 9.97. The van der Waals surface area contributed by atoms with Crippen molar-refractivity contribution in [2.75, 3.05) is 0 Å². The molecule has 0 heterocycles. The van der Waals surface area contributed by atoms with E-state index >= 15 is 0 Å². The Balaban J connectivity index is 2.43. The maximum atomic E-state index is 11.8. The molecule has 0 unspecified atom stereocenters. The molecule has 0 aliphatic rings. The maximum Gasteiger partial charge on any atom is 0.167 e. The van der Waals surface area contributed by atoms with Crippen LogP contribution in [0.5, 0.6) is 0 Å². The average molecular weight is 420 g/mol. The summed E-state index contributed by atoms with van der Waals surface area (Å²) in [5.74, 6) is 10.1. The molecule has 0 atom stereocenters. The maximum absolute atomic E-state index is 11.8. The van der Waals surface area contributed by atoms with Crippen molar-refractivity contribution in [2.24, 2.45) is 0 Å². The molecule has 0 fully saturated rings. The number of fused-ring (bicyclic) bond motifs is 2. The number of hydrogen-bond acceptors (Lipinski definition) is 4. The molecule has 0 spiro atoms. The molecule has 0 saturated heterocycles. The highest BCUT2D eigenvalue weighted by molar-refractivity contribution is 6.10. The van der Waals surface area contributed by atoms with Gasteiger partial charge in [0.2, 0.25) is 0 Å². The molecule has 3 rings (SSSR count). The van der Waals surface area contributed by atoms with Gasteiger partial charge in [0.25, 0.3) is 0 Å². The van der Waals surface area contributed by atoms with Gasteiger partial charge in [-0.1, -0.05) is 86.1 Å². The van der Waals surface area contributed by atoms with E-state index in [1.165, 1.54) is 27.7 Å². The lowest BCUT2D eigenvalue weighted by atomic mass is 9.91. The summed E-state index contributed by atoms with van der Waals surface area (Å²) >= 11 is 0. The van der Waals surface area contributed by atoms with E-state index in [2.05, 4.69) is 23.7 Å². The average Bonchev–Trinajstić information content (AvgIpc) is 2.73. The van der Waals surface area contributed by atoms with Crippen molar-refractivity contribution in [3.8, 4) is 23.7 Å². The van der Waals surface area contributed by atoms with E-state index < -0.39 is 0 Å². The summed E-state index contributed by atoms with van der Waals surface area (Å²) in [6.45, 7) is 5.27. The summed E-state index contributed by atoms with van der Waals surface area (Å²) in [6, 6.07) is 15.0. The fourth-order valence-corrected chi connectivity index (χ4v) is 3.50. The lowest BCUT2D eigenvalue weighted by Gasteiger charge is -2.11. The highest BCUT2D eigenvalue weighted by Gasteiger charge is 2.12. The minimum absolute atomic E-state index is 0.0517. The minimum Gasteiger partial charge on any atom is -0.875 e. The van der Waals surface area contributed by atoms with Crippen LogP contribution in [0.3, 0.4) is 0 Å². The molecule has 0 aliphatic heterocycles. The number of carbonyl (C=O) groups excluding carboxylic acids is 2. The molecule has 0 aliphatic carbocycles. The van der Waals surface area contributed by atoms with E-state index in [1.54, 1.807) is 0 Å². The third-order valence-corrected chi connectivity index (χ3v) is 4.96. The summed E-state index contributed by atoms with van der Waals surface area (Å²) in [7, 11) is 0. The van der Waals surface area contributed by atoms with Gasteiger partial charge in [-0.25, -0.2) is 0 Å². The van der Waals surface area contributed by atoms with Gasteiger partial charge in [0.05, 0.1) is 11.1 Å². The van der Waals surface area contributed by atoms with Crippen LogP contribution in [0.2, 0.25) is 0 Å². The Morgan fingerprint density at radius 2 is 0.875 bits per heavy atom. The van der Waals surface area contributed by atoms with Gasteiger partial charge < -0.3 is 10.2 Å². The van der Waals surface area contributed by atoms with Crippen LogP contribution in [0.15, 0.2) is 71.2 Å². The van der Waals surface area contributed by atoms with Crippen LogP contribution in [0.4, 0.5) is 0 Å². The molecule has 3 aromatic carbocycles. The van der Waals surface area contributed by atoms with Crippen LogP contribution in [-0.4, -0.2) is 11.6 Å². The first-order valence-corrected chi connectivity index (χ1v) is 9.97. The van der Waals surface area contributed by atoms with Crippen molar-refractivity contribution in [2.45, 2.75) is 27.7 Å². The molecule has 0 radical (unpaired) electrons. The number of ketones is 2. The highest BCUT2D eigenvalue weighted by Crippen LogP contribution is 2.32. The number of allylic oxidation sites excluding steroid dienone is 4. The summed E-state index contributed by atoms with van der Waals surface area (Å²) in [4.78, 5) is 23.6. The van der Waals surface area contributed by atoms with Crippen molar-refractivity contribution >= 4 is 33.1 Å². The van der Waals surface area contributed by atoms with Crippen molar-refractivity contribution in [3.05, 3.63) is 82.3 Å². The molecule has 158 valence electrons. The van der Waals surface area contributed by atoms with E-state index in [4.69, 9.17) is 0 Å². The normalized spacial score (nSPS) is 12.1. The second-order valence-corrected chi connectivity index (χ2v) is 7.32. The van der Waals surface area contributed by atoms with Gasteiger partial charge in [-0.05, 0) is 35.4 Å². The monoisotopic (exact) mass is 420 g/mol. The highest BCUT2D eigenvalue weighted by atomic mass is 16.3. The van der Waals surface area contributed by atoms with Gasteiger partial charge in [-0.3, -0.25) is 9.59 Å². The Labute approximate surface area is 186 Å². The fourth-order valence-electron chi connectivity index (χ4n) is 3.50. The van der Waals surface area contributed by atoms with Crippen LogP contribution in [0.1, 0.15) is 38.8 Å². The predicted molar refractivity (Wildman–Crippen MR) is 122 cm³/mol. The van der Waals surface area contributed by atoms with Crippen molar-refractivity contribution in [1.29, 1.82) is 0 Å². The zero-order valence-corrected chi connectivity index (χ0v) is 18.3. The Hall–Kier alpha value is -4.28. The molecule has 0 saturated carbocycles. The first-order chi connectivity index (χ1) is 15.2. The van der Waals surface area contributed by atoms with Crippen LogP contribution < -0.4 is 10.2 Å². The topological polar surface area (TPSA) is 80.3 Å². The van der Waals surface area contributed by atoms with E-state index in [-0.39, 0.29) is 34.2 Å². The van der Waals surface area contributed by atoms with Crippen molar-refractivity contribution in [1.82, 2.24) is 0 Å². The van der Waals surface area contributed by atoms with Crippen LogP contribution in [0, 0.1) is 23.7 Å². The van der Waals surface area contributed by atoms with Crippen LogP contribution >= 0.6 is 0 Å². The van der Waals surface area contributed by atoms with Gasteiger partial charge in [0.15, 0.2) is 11.6 Å². The summed E-state index contributed by atoms with van der Waals surface area (Å²) in [6.07, 6.45) is 0. The number of Topliss-reactive ketones (excluding diaryl/α,β-unsaturated/α-hetero) is 2. The lowest BCUT2D eigenvalue weighted by Crippen LogP contribution is -2.08. The number of carbonyl (C=O) groups is 2. The van der Waals surface area contributed by atoms with Crippen molar-refractivity contribution < 1.29 is 19.8 Å². The molecule has 32 heavy (non-hydrogen) atoms. The minimum atomic E-state index is -0.377. The van der Waals surface area contributed by atoms with Crippen LogP contribution in [-0.2, 0) is 9.59 Å². The van der Waals surface area contributed by atoms with Crippen LogP contribution in [0.25, 0.3) is 21.5 Å². The third-order valence-electron chi connectivity index (χ3n) is 4.96. The molecule has 0 amide bonds. The molecule has 0 N–H and O–H groups in total. The smallest absolute Gasteiger partial charge is 0.167 e. The van der Waals surface area contributed by atoms with Gasteiger partial charge >= 0.3 is 0 Å². The van der Waals surface area contributed by atoms with E-state index in [9.17, 15) is 19.8 Å². The number of rotatable bonds is 2. The Kier molecular flexibility index (Phi) is 6.47. The molecule has 4 nitrogen and oxygen atoms in total. The van der Waals surface area contributed by atoms with Gasteiger partial charge in [0, 0.05) is 11.1 Å². The van der Waals surface area contributed by atoms with E-state index in [0.717, 1.165) is 21.5 Å². The fraction of sp³-hybridized carbons (Fsp3) is 0.143. The Bertz CT molecular complexity index is 1280. The largest absolute Gasteiger partial charge is 0.875 e. The first kappa shape index (κ1) is 22.4. The number of hydrogen-bond donors (Lipinski definition) is 0. The summed E-state index contributed by atoms with van der Waals surface area (Å²) < 4.78 is 0. The molecular formula is C28H20O4-2. The van der Waals surface area contributed by atoms with Crippen molar-refractivity contribution in [3.63, 3.8) is 0 Å². The quantitative estimate of drug-likeness (QED) is 0.276. The van der Waals surface area contributed by atoms with E-state index in [1.807, 2.05) is 48.5 Å². The zero-order valence-electron chi connectivity index (χ0n) is 18.3. The molecule has 4 heteroatoms. The Morgan fingerprint density at radius 1 is 0.594 bits per heavy atom. The van der Waals surface area contributed by atoms with E-state index in [0.29, 0.717) is 11.1 Å². The van der Waals surface area contributed by atoms with Gasteiger partial charge in [-0.15, -0.1) is 11.5 Å². The second-order valence-electron chi connectivity index (χ2n) is 7.32. The molecular weight excluding hydrogens is 400 g/mol.